The maximum atomic E-state index is 12.1. The summed E-state index contributed by atoms with van der Waals surface area (Å²) in [6.07, 6.45) is 3.10. The number of carbonyl (C=O) groups excluding carboxylic acids is 1. The topological polar surface area (TPSA) is 59.9 Å². The monoisotopic (exact) mass is 346 g/mol. The van der Waals surface area contributed by atoms with E-state index in [0.29, 0.717) is 0 Å². The van der Waals surface area contributed by atoms with Crippen LogP contribution in [0, 0.1) is 5.41 Å². The van der Waals surface area contributed by atoms with E-state index in [0.717, 1.165) is 42.7 Å². The molecule has 0 aromatic heterocycles. The highest BCUT2D eigenvalue weighted by molar-refractivity contribution is 6.02. The predicted molar refractivity (Wildman–Crippen MR) is 100 cm³/mol. The van der Waals surface area contributed by atoms with Crippen molar-refractivity contribution < 1.29 is 14.4 Å². The Bertz CT molecular complexity index is 657. The number of nitrogens with zero attached hydrogens (tertiary/aromatic N) is 1. The zero-order valence-electron chi connectivity index (χ0n) is 16.2. The van der Waals surface area contributed by atoms with E-state index in [1.54, 1.807) is 7.11 Å². The molecule has 1 aliphatic rings. The lowest BCUT2D eigenvalue weighted by atomic mass is 9.82. The van der Waals surface area contributed by atoms with E-state index < -0.39 is 6.09 Å². The number of rotatable bonds is 4. The SMILES string of the molecule is COc1ccc2c(c1)CCC/C2=N/OC(=O)NC(C)(C)CC(C)(C)C. The summed E-state index contributed by atoms with van der Waals surface area (Å²) in [6, 6.07) is 5.92. The lowest BCUT2D eigenvalue weighted by Gasteiger charge is -2.32. The van der Waals surface area contributed by atoms with Crippen LogP contribution in [0.15, 0.2) is 23.4 Å². The molecule has 1 N–H and O–H groups in total. The molecular formula is C20H30N2O3. The van der Waals surface area contributed by atoms with E-state index in [2.05, 4.69) is 31.2 Å². The molecule has 2 rings (SSSR count). The van der Waals surface area contributed by atoms with Crippen molar-refractivity contribution in [2.24, 2.45) is 10.6 Å². The number of hydrogen-bond donors (Lipinski definition) is 1. The maximum absolute atomic E-state index is 12.1. The molecule has 0 saturated carbocycles. The Morgan fingerprint density at radius 3 is 2.56 bits per heavy atom. The number of benzene rings is 1. The summed E-state index contributed by atoms with van der Waals surface area (Å²) in [5.41, 5.74) is 2.79. The lowest BCUT2D eigenvalue weighted by Crippen LogP contribution is -2.45. The second-order valence-electron chi connectivity index (χ2n) is 8.54. The Kier molecular flexibility index (Phi) is 5.76. The van der Waals surface area contributed by atoms with Crippen LogP contribution in [0.1, 0.15) is 65.0 Å². The zero-order valence-corrected chi connectivity index (χ0v) is 16.2. The molecule has 0 fully saturated rings. The molecule has 0 bridgehead atoms. The summed E-state index contributed by atoms with van der Waals surface area (Å²) in [5.74, 6) is 0.836. The molecule has 5 nitrogen and oxygen atoms in total. The van der Waals surface area contributed by atoms with Crippen molar-refractivity contribution in [3.63, 3.8) is 0 Å². The summed E-state index contributed by atoms with van der Waals surface area (Å²) in [6.45, 7) is 10.4. The third-order valence-corrected chi connectivity index (χ3v) is 4.13. The number of oxime groups is 1. The van der Waals surface area contributed by atoms with Gasteiger partial charge >= 0.3 is 6.09 Å². The molecule has 138 valence electrons. The Labute approximate surface area is 150 Å². The fraction of sp³-hybridized carbons (Fsp3) is 0.600. The number of carbonyl (C=O) groups is 1. The second kappa shape index (κ2) is 7.46. The van der Waals surface area contributed by atoms with Crippen LogP contribution in [0.2, 0.25) is 0 Å². The number of nitrogens with one attached hydrogen (secondary N) is 1. The van der Waals surface area contributed by atoms with E-state index in [9.17, 15) is 4.79 Å². The Morgan fingerprint density at radius 1 is 1.20 bits per heavy atom. The normalized spacial score (nSPS) is 16.3. The van der Waals surface area contributed by atoms with Crippen LogP contribution in [-0.2, 0) is 11.3 Å². The van der Waals surface area contributed by atoms with E-state index in [1.165, 1.54) is 5.56 Å². The third kappa shape index (κ3) is 5.76. The first-order chi connectivity index (χ1) is 11.6. The van der Waals surface area contributed by atoms with Crippen LogP contribution < -0.4 is 10.1 Å². The average molecular weight is 346 g/mol. The lowest BCUT2D eigenvalue weighted by molar-refractivity contribution is 0.132. The average Bonchev–Trinajstić information content (AvgIpc) is 2.49. The van der Waals surface area contributed by atoms with Crippen molar-refractivity contribution in [1.82, 2.24) is 5.32 Å². The van der Waals surface area contributed by atoms with E-state index in [1.807, 2.05) is 32.0 Å². The minimum Gasteiger partial charge on any atom is -0.497 e. The van der Waals surface area contributed by atoms with Gasteiger partial charge in [0.05, 0.1) is 12.8 Å². The molecule has 1 aromatic carbocycles. The van der Waals surface area contributed by atoms with Crippen molar-refractivity contribution in [2.75, 3.05) is 7.11 Å². The standard InChI is InChI=1S/C20H30N2O3/c1-19(2,3)13-20(4,5)21-18(23)25-22-17-9-7-8-14-12-15(24-6)10-11-16(14)17/h10-12H,7-9,13H2,1-6H3,(H,21,23)/b22-17-. The van der Waals surface area contributed by atoms with Gasteiger partial charge in [0.25, 0.3) is 0 Å². The zero-order chi connectivity index (χ0) is 18.7. The van der Waals surface area contributed by atoms with Crippen LogP contribution in [0.25, 0.3) is 0 Å². The molecular weight excluding hydrogens is 316 g/mol. The number of methoxy groups -OCH3 is 1. The number of amides is 1. The molecule has 0 atom stereocenters. The molecule has 1 amide bonds. The highest BCUT2D eigenvalue weighted by atomic mass is 16.7. The van der Waals surface area contributed by atoms with Crippen LogP contribution in [0.3, 0.4) is 0 Å². The highest BCUT2D eigenvalue weighted by Gasteiger charge is 2.28. The van der Waals surface area contributed by atoms with Gasteiger partial charge in [-0.25, -0.2) is 4.79 Å². The van der Waals surface area contributed by atoms with Crippen LogP contribution in [0.5, 0.6) is 5.75 Å². The quantitative estimate of drug-likeness (QED) is 0.636. The van der Waals surface area contributed by atoms with Gasteiger partial charge in [0.2, 0.25) is 0 Å². The Morgan fingerprint density at radius 2 is 1.92 bits per heavy atom. The predicted octanol–water partition coefficient (Wildman–Crippen LogP) is 4.68. The van der Waals surface area contributed by atoms with Crippen molar-refractivity contribution in [1.29, 1.82) is 0 Å². The fourth-order valence-corrected chi connectivity index (χ4v) is 3.63. The van der Waals surface area contributed by atoms with Gasteiger partial charge in [0.1, 0.15) is 5.75 Å². The summed E-state index contributed by atoms with van der Waals surface area (Å²) in [5, 5.41) is 7.03. The van der Waals surface area contributed by atoms with Gasteiger partial charge in [0, 0.05) is 11.1 Å². The number of fused-ring (bicyclic) bond motifs is 1. The summed E-state index contributed by atoms with van der Waals surface area (Å²) < 4.78 is 5.27. The minimum absolute atomic E-state index is 0.115. The molecule has 0 saturated heterocycles. The van der Waals surface area contributed by atoms with Crippen molar-refractivity contribution in [3.05, 3.63) is 29.3 Å². The summed E-state index contributed by atoms with van der Waals surface area (Å²) >= 11 is 0. The number of ether oxygens (including phenoxy) is 1. The molecule has 5 heteroatoms. The van der Waals surface area contributed by atoms with E-state index in [-0.39, 0.29) is 11.0 Å². The van der Waals surface area contributed by atoms with Crippen molar-refractivity contribution in [3.8, 4) is 5.75 Å². The summed E-state index contributed by atoms with van der Waals surface area (Å²) in [4.78, 5) is 17.3. The first kappa shape index (κ1) is 19.3. The Balaban J connectivity index is 2.04. The van der Waals surface area contributed by atoms with Crippen LogP contribution in [-0.4, -0.2) is 24.5 Å². The van der Waals surface area contributed by atoms with E-state index >= 15 is 0 Å². The highest BCUT2D eigenvalue weighted by Crippen LogP contribution is 2.27. The Hall–Kier alpha value is -2.04. The minimum atomic E-state index is -0.512. The van der Waals surface area contributed by atoms with Gasteiger partial charge in [-0.2, -0.15) is 0 Å². The summed E-state index contributed by atoms with van der Waals surface area (Å²) in [7, 11) is 1.66. The molecule has 25 heavy (non-hydrogen) atoms. The first-order valence-electron chi connectivity index (χ1n) is 8.83. The maximum Gasteiger partial charge on any atom is 0.433 e. The molecule has 0 aliphatic heterocycles. The largest absolute Gasteiger partial charge is 0.497 e. The molecule has 0 spiro atoms. The molecule has 1 aliphatic carbocycles. The molecule has 0 radical (unpaired) electrons. The van der Waals surface area contributed by atoms with Gasteiger partial charge in [-0.3, -0.25) is 4.84 Å². The van der Waals surface area contributed by atoms with Crippen LogP contribution >= 0.6 is 0 Å². The third-order valence-electron chi connectivity index (χ3n) is 4.13. The molecule has 0 heterocycles. The first-order valence-corrected chi connectivity index (χ1v) is 8.83. The van der Waals surface area contributed by atoms with Gasteiger partial charge < -0.3 is 10.1 Å². The fourth-order valence-electron chi connectivity index (χ4n) is 3.63. The van der Waals surface area contributed by atoms with Gasteiger partial charge in [-0.15, -0.1) is 0 Å². The van der Waals surface area contributed by atoms with Crippen LogP contribution in [0.4, 0.5) is 4.79 Å². The van der Waals surface area contributed by atoms with Gasteiger partial charge in [-0.05, 0) is 68.7 Å². The number of aryl methyl sites for hydroxylation is 1. The van der Waals surface area contributed by atoms with E-state index in [4.69, 9.17) is 9.57 Å². The molecule has 0 unspecified atom stereocenters. The number of hydrogen-bond acceptors (Lipinski definition) is 4. The smallest absolute Gasteiger partial charge is 0.433 e. The van der Waals surface area contributed by atoms with Crippen molar-refractivity contribution in [2.45, 2.75) is 65.8 Å². The molecule has 1 aromatic rings. The van der Waals surface area contributed by atoms with Gasteiger partial charge in [-0.1, -0.05) is 25.9 Å². The van der Waals surface area contributed by atoms with Crippen molar-refractivity contribution >= 4 is 11.8 Å². The van der Waals surface area contributed by atoms with Gasteiger partial charge in [0.15, 0.2) is 0 Å². The second-order valence-corrected chi connectivity index (χ2v) is 8.54.